The largest absolute Gasteiger partial charge is 0.389 e. The van der Waals surface area contributed by atoms with E-state index < -0.39 is 30.1 Å². The molecule has 5 heteroatoms. The highest BCUT2D eigenvalue weighted by atomic mass is 16.4. The Kier molecular flexibility index (Phi) is 2.42. The minimum atomic E-state index is -1.54. The zero-order valence-corrected chi connectivity index (χ0v) is 7.10. The molecular weight excluding hydrogens is 162 g/mol. The third-order valence-electron chi connectivity index (χ3n) is 2.28. The maximum absolute atomic E-state index is 9.47. The van der Waals surface area contributed by atoms with Gasteiger partial charge in [-0.3, -0.25) is 5.32 Å². The van der Waals surface area contributed by atoms with Crippen molar-refractivity contribution in [1.29, 1.82) is 0 Å². The lowest BCUT2D eigenvalue weighted by Crippen LogP contribution is -2.70. The van der Waals surface area contributed by atoms with E-state index in [1.165, 1.54) is 6.92 Å². The Morgan fingerprint density at radius 3 is 2.17 bits per heavy atom. The highest BCUT2D eigenvalue weighted by Crippen LogP contribution is 2.21. The number of hydrogen-bond acceptors (Lipinski definition) is 5. The van der Waals surface area contributed by atoms with E-state index in [-0.39, 0.29) is 0 Å². The molecule has 0 spiro atoms. The molecule has 0 saturated carbocycles. The van der Waals surface area contributed by atoms with Gasteiger partial charge in [-0.2, -0.15) is 0 Å². The SMILES string of the molecule is C[C@H]1N[C@](C)(O)[C@@H](O)[C@H](O)[C@H]1O. The smallest absolute Gasteiger partial charge is 0.142 e. The Hall–Kier alpha value is -0.200. The molecule has 1 aliphatic heterocycles. The van der Waals surface area contributed by atoms with E-state index in [4.69, 9.17) is 0 Å². The quantitative estimate of drug-likeness (QED) is 0.289. The lowest BCUT2D eigenvalue weighted by atomic mass is 9.89. The third-order valence-corrected chi connectivity index (χ3v) is 2.28. The number of aliphatic hydroxyl groups is 4. The van der Waals surface area contributed by atoms with E-state index in [1.807, 2.05) is 0 Å². The molecule has 1 rings (SSSR count). The Morgan fingerprint density at radius 2 is 1.67 bits per heavy atom. The van der Waals surface area contributed by atoms with Gasteiger partial charge in [-0.15, -0.1) is 0 Å². The molecule has 5 atom stereocenters. The highest BCUT2D eigenvalue weighted by molar-refractivity contribution is 4.98. The average Bonchev–Trinajstić information content (AvgIpc) is 1.97. The minimum Gasteiger partial charge on any atom is -0.389 e. The number of rotatable bonds is 0. The second kappa shape index (κ2) is 2.93. The lowest BCUT2D eigenvalue weighted by Gasteiger charge is -2.44. The van der Waals surface area contributed by atoms with Crippen LogP contribution in [0.1, 0.15) is 13.8 Å². The van der Waals surface area contributed by atoms with Gasteiger partial charge in [-0.25, -0.2) is 0 Å². The number of nitrogens with one attached hydrogen (secondary N) is 1. The van der Waals surface area contributed by atoms with Crippen molar-refractivity contribution < 1.29 is 20.4 Å². The van der Waals surface area contributed by atoms with E-state index in [2.05, 4.69) is 5.32 Å². The Morgan fingerprint density at radius 1 is 1.17 bits per heavy atom. The van der Waals surface area contributed by atoms with Crippen molar-refractivity contribution in [2.45, 2.75) is 43.9 Å². The summed E-state index contributed by atoms with van der Waals surface area (Å²) in [5.74, 6) is 0. The van der Waals surface area contributed by atoms with Crippen molar-refractivity contribution in [3.8, 4) is 0 Å². The molecule has 0 aromatic heterocycles. The topological polar surface area (TPSA) is 93.0 Å². The van der Waals surface area contributed by atoms with E-state index in [0.717, 1.165) is 0 Å². The van der Waals surface area contributed by atoms with Gasteiger partial charge < -0.3 is 20.4 Å². The summed E-state index contributed by atoms with van der Waals surface area (Å²) in [5.41, 5.74) is -1.54. The molecule has 72 valence electrons. The van der Waals surface area contributed by atoms with Crippen molar-refractivity contribution in [2.75, 3.05) is 0 Å². The molecule has 5 N–H and O–H groups in total. The molecule has 0 aliphatic carbocycles. The van der Waals surface area contributed by atoms with Crippen molar-refractivity contribution >= 4 is 0 Å². The van der Waals surface area contributed by atoms with Gasteiger partial charge in [0.25, 0.3) is 0 Å². The summed E-state index contributed by atoms with van der Waals surface area (Å²) in [6.45, 7) is 2.97. The molecular formula is C7H15NO4. The Bertz CT molecular complexity index is 173. The molecule has 0 amide bonds. The van der Waals surface area contributed by atoms with Gasteiger partial charge in [-0.1, -0.05) is 0 Å². The molecule has 0 radical (unpaired) electrons. The van der Waals surface area contributed by atoms with E-state index in [1.54, 1.807) is 6.92 Å². The molecule has 12 heavy (non-hydrogen) atoms. The molecule has 0 aromatic carbocycles. The van der Waals surface area contributed by atoms with Gasteiger partial charge >= 0.3 is 0 Å². The second-order valence-corrected chi connectivity index (χ2v) is 3.51. The number of aliphatic hydroxyl groups excluding tert-OH is 3. The lowest BCUT2D eigenvalue weighted by molar-refractivity contribution is -0.198. The molecule has 1 heterocycles. The number of hydrogen-bond donors (Lipinski definition) is 5. The molecule has 1 aliphatic rings. The van der Waals surface area contributed by atoms with Crippen LogP contribution in [0.4, 0.5) is 0 Å². The summed E-state index contributed by atoms with van der Waals surface area (Å²) in [4.78, 5) is 0. The van der Waals surface area contributed by atoms with Crippen molar-refractivity contribution in [1.82, 2.24) is 5.32 Å². The van der Waals surface area contributed by atoms with Crippen molar-refractivity contribution in [2.24, 2.45) is 0 Å². The Labute approximate surface area is 70.6 Å². The minimum absolute atomic E-state index is 0.446. The first-order chi connectivity index (χ1) is 5.36. The second-order valence-electron chi connectivity index (χ2n) is 3.51. The van der Waals surface area contributed by atoms with Gasteiger partial charge in [0.05, 0.1) is 6.10 Å². The predicted molar refractivity (Wildman–Crippen MR) is 41.2 cm³/mol. The molecule has 5 nitrogen and oxygen atoms in total. The molecule has 1 fully saturated rings. The van der Waals surface area contributed by atoms with Crippen LogP contribution in [0.25, 0.3) is 0 Å². The zero-order chi connectivity index (χ0) is 9.52. The van der Waals surface area contributed by atoms with Crippen LogP contribution in [0.2, 0.25) is 0 Å². The van der Waals surface area contributed by atoms with Gasteiger partial charge in [-0.05, 0) is 13.8 Å². The summed E-state index contributed by atoms with van der Waals surface area (Å²) in [5, 5.41) is 39.8. The van der Waals surface area contributed by atoms with Gasteiger partial charge in [0.2, 0.25) is 0 Å². The summed E-state index contributed by atoms with van der Waals surface area (Å²) in [6, 6.07) is -0.446. The fourth-order valence-corrected chi connectivity index (χ4v) is 1.45. The van der Waals surface area contributed by atoms with Crippen molar-refractivity contribution in [3.05, 3.63) is 0 Å². The summed E-state index contributed by atoms with van der Waals surface area (Å²) in [7, 11) is 0. The van der Waals surface area contributed by atoms with Crippen LogP contribution >= 0.6 is 0 Å². The first-order valence-electron chi connectivity index (χ1n) is 3.90. The van der Waals surface area contributed by atoms with Gasteiger partial charge in [0.1, 0.15) is 17.9 Å². The van der Waals surface area contributed by atoms with Gasteiger partial charge in [0.15, 0.2) is 0 Å². The number of piperidine rings is 1. The fourth-order valence-electron chi connectivity index (χ4n) is 1.45. The zero-order valence-electron chi connectivity index (χ0n) is 7.10. The normalized spacial score (nSPS) is 55.5. The molecule has 1 saturated heterocycles. The predicted octanol–water partition coefficient (Wildman–Crippen LogP) is -2.23. The molecule has 0 bridgehead atoms. The maximum Gasteiger partial charge on any atom is 0.142 e. The summed E-state index contributed by atoms with van der Waals surface area (Å²) >= 11 is 0. The third kappa shape index (κ3) is 1.46. The van der Waals surface area contributed by atoms with Crippen LogP contribution < -0.4 is 5.32 Å². The van der Waals surface area contributed by atoms with E-state index in [0.29, 0.717) is 0 Å². The standard InChI is InChI=1S/C7H15NO4/c1-3-4(9)5(10)6(11)7(2,12)8-3/h3-6,8-12H,1-2H3/t3-,4+,5-,6+,7-/m1/s1. The Balaban J connectivity index is 2.78. The van der Waals surface area contributed by atoms with Crippen LogP contribution in [0.5, 0.6) is 0 Å². The van der Waals surface area contributed by atoms with Gasteiger partial charge in [0, 0.05) is 6.04 Å². The average molecular weight is 177 g/mol. The van der Waals surface area contributed by atoms with Crippen LogP contribution in [-0.4, -0.2) is 50.5 Å². The van der Waals surface area contributed by atoms with Crippen LogP contribution in [0.15, 0.2) is 0 Å². The fraction of sp³-hybridized carbons (Fsp3) is 1.00. The summed E-state index contributed by atoms with van der Waals surface area (Å²) in [6.07, 6.45) is -3.74. The monoisotopic (exact) mass is 177 g/mol. The first-order valence-corrected chi connectivity index (χ1v) is 3.90. The highest BCUT2D eigenvalue weighted by Gasteiger charge is 2.46. The van der Waals surface area contributed by atoms with Crippen LogP contribution in [-0.2, 0) is 0 Å². The summed E-state index contributed by atoms with van der Waals surface area (Å²) < 4.78 is 0. The molecule has 0 aromatic rings. The van der Waals surface area contributed by atoms with Crippen molar-refractivity contribution in [3.63, 3.8) is 0 Å². The molecule has 0 unspecified atom stereocenters. The van der Waals surface area contributed by atoms with Crippen LogP contribution in [0.3, 0.4) is 0 Å². The first kappa shape index (κ1) is 9.88. The maximum atomic E-state index is 9.47. The van der Waals surface area contributed by atoms with Crippen LogP contribution in [0, 0.1) is 0 Å². The van der Waals surface area contributed by atoms with E-state index >= 15 is 0 Å². The van der Waals surface area contributed by atoms with E-state index in [9.17, 15) is 20.4 Å².